The van der Waals surface area contributed by atoms with Gasteiger partial charge in [-0.2, -0.15) is 0 Å². The van der Waals surface area contributed by atoms with Gasteiger partial charge in [0.05, 0.1) is 11.6 Å². The summed E-state index contributed by atoms with van der Waals surface area (Å²) in [5.74, 6) is -0.263. The fraction of sp³-hybridized carbons (Fsp3) is 0.0833. The van der Waals surface area contributed by atoms with Gasteiger partial charge in [0.15, 0.2) is 0 Å². The molecular formula is C12H9BrN2O4. The Morgan fingerprint density at radius 1 is 1.42 bits per heavy atom. The molecule has 0 amide bonds. The molecule has 2 aromatic rings. The van der Waals surface area contributed by atoms with Gasteiger partial charge in [0.1, 0.15) is 23.4 Å². The average Bonchev–Trinajstić information content (AvgIpc) is 2.41. The van der Waals surface area contributed by atoms with E-state index >= 15 is 0 Å². The van der Waals surface area contributed by atoms with Crippen LogP contribution >= 0.6 is 15.9 Å². The summed E-state index contributed by atoms with van der Waals surface area (Å²) in [4.78, 5) is 18.9. The van der Waals surface area contributed by atoms with Crippen molar-refractivity contribution in [1.29, 1.82) is 0 Å². The molecule has 1 aromatic carbocycles. The van der Waals surface area contributed by atoms with Crippen molar-refractivity contribution in [3.63, 3.8) is 0 Å². The van der Waals surface area contributed by atoms with Crippen molar-refractivity contribution in [3.05, 3.63) is 40.8 Å². The number of hydrogen-bond donors (Lipinski definition) is 1. The van der Waals surface area contributed by atoms with Crippen LogP contribution < -0.4 is 9.47 Å². The number of rotatable bonds is 4. The van der Waals surface area contributed by atoms with E-state index in [1.54, 1.807) is 6.07 Å². The quantitative estimate of drug-likeness (QED) is 0.931. The molecule has 1 N–H and O–H groups in total. The van der Waals surface area contributed by atoms with E-state index in [2.05, 4.69) is 25.9 Å². The second kappa shape index (κ2) is 5.66. The number of nitrogens with zero attached hydrogens (tertiary/aromatic N) is 2. The van der Waals surface area contributed by atoms with Gasteiger partial charge in [0.25, 0.3) is 0 Å². The second-order valence-corrected chi connectivity index (χ2v) is 4.30. The second-order valence-electron chi connectivity index (χ2n) is 3.45. The Bertz CT molecular complexity index is 618. The van der Waals surface area contributed by atoms with E-state index in [9.17, 15) is 4.79 Å². The van der Waals surface area contributed by atoms with Crippen LogP contribution in [0.5, 0.6) is 17.4 Å². The molecule has 0 aliphatic carbocycles. The van der Waals surface area contributed by atoms with Crippen molar-refractivity contribution in [2.45, 2.75) is 0 Å². The SMILES string of the molecule is COc1ccc(Oc2ncncc2Br)c(C(=O)O)c1. The first-order valence-corrected chi connectivity index (χ1v) is 5.96. The van der Waals surface area contributed by atoms with E-state index in [-0.39, 0.29) is 17.2 Å². The molecule has 0 radical (unpaired) electrons. The molecule has 6 nitrogen and oxygen atoms in total. The largest absolute Gasteiger partial charge is 0.497 e. The van der Waals surface area contributed by atoms with Crippen molar-refractivity contribution in [1.82, 2.24) is 9.97 Å². The van der Waals surface area contributed by atoms with Crippen LogP contribution in [0.1, 0.15) is 10.4 Å². The fourth-order valence-corrected chi connectivity index (χ4v) is 1.67. The van der Waals surface area contributed by atoms with Gasteiger partial charge in [0.2, 0.25) is 5.88 Å². The smallest absolute Gasteiger partial charge is 0.339 e. The monoisotopic (exact) mass is 324 g/mol. The third-order valence-corrected chi connectivity index (χ3v) is 2.80. The zero-order valence-electron chi connectivity index (χ0n) is 9.83. The first-order valence-electron chi connectivity index (χ1n) is 5.16. The summed E-state index contributed by atoms with van der Waals surface area (Å²) in [5.41, 5.74) is -0.00939. The molecule has 19 heavy (non-hydrogen) atoms. The Hall–Kier alpha value is -2.15. The summed E-state index contributed by atoms with van der Waals surface area (Å²) in [6.07, 6.45) is 2.82. The molecule has 1 aromatic heterocycles. The third kappa shape index (κ3) is 3.00. The van der Waals surface area contributed by atoms with E-state index in [1.165, 1.54) is 31.8 Å². The minimum atomic E-state index is -1.11. The van der Waals surface area contributed by atoms with Crippen molar-refractivity contribution in [3.8, 4) is 17.4 Å². The van der Waals surface area contributed by atoms with Crippen LogP contribution in [0, 0.1) is 0 Å². The maximum atomic E-state index is 11.2. The lowest BCUT2D eigenvalue weighted by Gasteiger charge is -2.10. The number of benzene rings is 1. The van der Waals surface area contributed by atoms with Crippen LogP contribution in [0.2, 0.25) is 0 Å². The van der Waals surface area contributed by atoms with Crippen LogP contribution in [-0.4, -0.2) is 28.2 Å². The Morgan fingerprint density at radius 3 is 2.84 bits per heavy atom. The predicted octanol–water partition coefficient (Wildman–Crippen LogP) is 2.74. The molecule has 0 fully saturated rings. The van der Waals surface area contributed by atoms with E-state index in [0.717, 1.165) is 0 Å². The molecule has 1 heterocycles. The summed E-state index contributed by atoms with van der Waals surface area (Å²) in [6.45, 7) is 0. The zero-order chi connectivity index (χ0) is 13.8. The van der Waals surface area contributed by atoms with Gasteiger partial charge in [-0.1, -0.05) is 0 Å². The van der Waals surface area contributed by atoms with Gasteiger partial charge >= 0.3 is 5.97 Å². The molecular weight excluding hydrogens is 316 g/mol. The van der Waals surface area contributed by atoms with Crippen molar-refractivity contribution < 1.29 is 19.4 Å². The van der Waals surface area contributed by atoms with E-state index in [0.29, 0.717) is 10.2 Å². The number of hydrogen-bond acceptors (Lipinski definition) is 5. The van der Waals surface area contributed by atoms with Crippen molar-refractivity contribution in [2.75, 3.05) is 7.11 Å². The first-order chi connectivity index (χ1) is 9.11. The number of carboxylic acid groups (broad SMARTS) is 1. The Balaban J connectivity index is 2.40. The third-order valence-electron chi connectivity index (χ3n) is 2.26. The number of aromatic carboxylic acids is 1. The Kier molecular flexibility index (Phi) is 3.96. The average molecular weight is 325 g/mol. The van der Waals surface area contributed by atoms with Gasteiger partial charge in [-0.15, -0.1) is 0 Å². The molecule has 0 bridgehead atoms. The lowest BCUT2D eigenvalue weighted by atomic mass is 10.2. The van der Waals surface area contributed by atoms with Crippen molar-refractivity contribution >= 4 is 21.9 Å². The minimum absolute atomic E-state index is 0.00939. The number of ether oxygens (including phenoxy) is 2. The van der Waals surface area contributed by atoms with E-state index < -0.39 is 5.97 Å². The fourth-order valence-electron chi connectivity index (χ4n) is 1.37. The van der Waals surface area contributed by atoms with Crippen molar-refractivity contribution in [2.24, 2.45) is 0 Å². The van der Waals surface area contributed by atoms with Crippen LogP contribution in [-0.2, 0) is 0 Å². The molecule has 0 saturated carbocycles. The summed E-state index contributed by atoms with van der Waals surface area (Å²) in [7, 11) is 1.46. The molecule has 0 spiro atoms. The van der Waals surface area contributed by atoms with E-state index in [4.69, 9.17) is 14.6 Å². The lowest BCUT2D eigenvalue weighted by molar-refractivity contribution is 0.0693. The number of carbonyl (C=O) groups is 1. The summed E-state index contributed by atoms with van der Waals surface area (Å²) >= 11 is 3.22. The highest BCUT2D eigenvalue weighted by Crippen LogP contribution is 2.31. The van der Waals surface area contributed by atoms with Crippen LogP contribution in [0.3, 0.4) is 0 Å². The molecule has 7 heteroatoms. The zero-order valence-corrected chi connectivity index (χ0v) is 11.4. The molecule has 98 valence electrons. The molecule has 2 rings (SSSR count). The van der Waals surface area contributed by atoms with Gasteiger partial charge < -0.3 is 14.6 Å². The predicted molar refractivity (Wildman–Crippen MR) is 69.8 cm³/mol. The number of methoxy groups -OCH3 is 1. The maximum Gasteiger partial charge on any atom is 0.339 e. The minimum Gasteiger partial charge on any atom is -0.497 e. The van der Waals surface area contributed by atoms with Crippen LogP contribution in [0.15, 0.2) is 35.2 Å². The number of halogens is 1. The summed E-state index contributed by atoms with van der Waals surface area (Å²) in [5, 5.41) is 9.15. The molecule has 0 aliphatic heterocycles. The highest BCUT2D eigenvalue weighted by atomic mass is 79.9. The summed E-state index contributed by atoms with van der Waals surface area (Å²) in [6, 6.07) is 4.50. The van der Waals surface area contributed by atoms with E-state index in [1.807, 2.05) is 0 Å². The molecule has 0 unspecified atom stereocenters. The highest BCUT2D eigenvalue weighted by molar-refractivity contribution is 9.10. The molecule has 0 aliphatic rings. The molecule has 0 saturated heterocycles. The van der Waals surface area contributed by atoms with Crippen LogP contribution in [0.25, 0.3) is 0 Å². The number of carboxylic acids is 1. The highest BCUT2D eigenvalue weighted by Gasteiger charge is 2.15. The topological polar surface area (TPSA) is 81.5 Å². The molecule has 0 atom stereocenters. The number of aromatic nitrogens is 2. The van der Waals surface area contributed by atoms with Gasteiger partial charge in [-0.25, -0.2) is 14.8 Å². The van der Waals surface area contributed by atoms with Gasteiger partial charge in [-0.3, -0.25) is 0 Å². The van der Waals surface area contributed by atoms with Gasteiger partial charge in [0, 0.05) is 6.20 Å². The summed E-state index contributed by atoms with van der Waals surface area (Å²) < 4.78 is 11.0. The Morgan fingerprint density at radius 2 is 2.21 bits per heavy atom. The maximum absolute atomic E-state index is 11.2. The van der Waals surface area contributed by atoms with Gasteiger partial charge in [-0.05, 0) is 34.1 Å². The Labute approximate surface area is 117 Å². The van der Waals surface area contributed by atoms with Crippen LogP contribution in [0.4, 0.5) is 0 Å². The normalized spacial score (nSPS) is 10.0. The first kappa shape index (κ1) is 13.3. The lowest BCUT2D eigenvalue weighted by Crippen LogP contribution is -2.01. The standard InChI is InChI=1S/C12H9BrN2O4/c1-18-7-2-3-10(8(4-7)12(16)17)19-11-9(13)5-14-6-15-11/h2-6H,1H3,(H,16,17).